The van der Waals surface area contributed by atoms with Gasteiger partial charge in [-0.25, -0.2) is 0 Å². The highest BCUT2D eigenvalue weighted by Crippen LogP contribution is 2.24. The van der Waals surface area contributed by atoms with Gasteiger partial charge in [-0.05, 0) is 45.2 Å². The Bertz CT molecular complexity index is 414. The fraction of sp³-hybridized carbons (Fsp3) is 0.643. The molecule has 0 saturated heterocycles. The van der Waals surface area contributed by atoms with Crippen LogP contribution in [0.25, 0.3) is 0 Å². The summed E-state index contributed by atoms with van der Waals surface area (Å²) in [5, 5.41) is 3.01. The average molecular weight is 250 g/mol. The van der Waals surface area contributed by atoms with Crippen LogP contribution in [-0.4, -0.2) is 11.9 Å². The number of carbonyl (C=O) groups excluding carboxylic acids is 1. The van der Waals surface area contributed by atoms with E-state index in [1.807, 2.05) is 26.0 Å². The van der Waals surface area contributed by atoms with Crippen LogP contribution in [0.2, 0.25) is 0 Å². The van der Waals surface area contributed by atoms with E-state index in [0.29, 0.717) is 0 Å². The van der Waals surface area contributed by atoms with Crippen molar-refractivity contribution in [2.75, 3.05) is 0 Å². The molecule has 2 rings (SSSR count). The third-order valence-electron chi connectivity index (χ3n) is 3.63. The number of aryl methyl sites for hydroxylation is 1. The standard InChI is InChI=1S/C14H22N2O2/c1-9-6-7-13(18-9)10(2)16-14(17)11-4-3-5-12(15)8-11/h6-7,10-12H,3-5,8,15H2,1-2H3,(H,16,17). The number of nitrogens with two attached hydrogens (primary N) is 1. The van der Waals surface area contributed by atoms with Crippen molar-refractivity contribution in [3.8, 4) is 0 Å². The second-order valence-corrected chi connectivity index (χ2v) is 5.30. The van der Waals surface area contributed by atoms with Crippen LogP contribution in [0.1, 0.15) is 50.2 Å². The first-order chi connectivity index (χ1) is 8.56. The van der Waals surface area contributed by atoms with E-state index < -0.39 is 0 Å². The third kappa shape index (κ3) is 3.13. The molecule has 1 aliphatic rings. The van der Waals surface area contributed by atoms with Crippen molar-refractivity contribution < 1.29 is 9.21 Å². The second-order valence-electron chi connectivity index (χ2n) is 5.30. The van der Waals surface area contributed by atoms with Crippen LogP contribution in [0.3, 0.4) is 0 Å². The summed E-state index contributed by atoms with van der Waals surface area (Å²) in [6, 6.07) is 3.92. The Kier molecular flexibility index (Phi) is 4.07. The van der Waals surface area contributed by atoms with Gasteiger partial charge < -0.3 is 15.5 Å². The maximum Gasteiger partial charge on any atom is 0.223 e. The molecule has 0 aromatic carbocycles. The number of hydrogen-bond acceptors (Lipinski definition) is 3. The molecule has 3 atom stereocenters. The lowest BCUT2D eigenvalue weighted by molar-refractivity contribution is -0.126. The maximum absolute atomic E-state index is 12.1. The van der Waals surface area contributed by atoms with Crippen molar-refractivity contribution >= 4 is 5.91 Å². The first-order valence-corrected chi connectivity index (χ1v) is 6.68. The Hall–Kier alpha value is -1.29. The number of rotatable bonds is 3. The minimum absolute atomic E-state index is 0.0623. The van der Waals surface area contributed by atoms with E-state index in [-0.39, 0.29) is 23.9 Å². The van der Waals surface area contributed by atoms with E-state index in [9.17, 15) is 4.79 Å². The van der Waals surface area contributed by atoms with Crippen molar-refractivity contribution in [1.82, 2.24) is 5.32 Å². The van der Waals surface area contributed by atoms with Crippen LogP contribution in [-0.2, 0) is 4.79 Å². The molecule has 4 nitrogen and oxygen atoms in total. The molecule has 1 aliphatic carbocycles. The second kappa shape index (κ2) is 5.57. The summed E-state index contributed by atoms with van der Waals surface area (Å²) in [5.74, 6) is 1.84. The SMILES string of the molecule is Cc1ccc(C(C)NC(=O)C2CCCC(N)C2)o1. The summed E-state index contributed by atoms with van der Waals surface area (Å²) in [6.07, 6.45) is 3.84. The molecule has 0 aliphatic heterocycles. The molecule has 1 saturated carbocycles. The summed E-state index contributed by atoms with van der Waals surface area (Å²) in [7, 11) is 0. The third-order valence-corrected chi connectivity index (χ3v) is 3.63. The summed E-state index contributed by atoms with van der Waals surface area (Å²) in [6.45, 7) is 3.84. The normalized spacial score (nSPS) is 25.7. The summed E-state index contributed by atoms with van der Waals surface area (Å²) in [5.41, 5.74) is 5.91. The summed E-state index contributed by atoms with van der Waals surface area (Å²) < 4.78 is 5.52. The molecule has 0 radical (unpaired) electrons. The predicted octanol–water partition coefficient (Wildman–Crippen LogP) is 2.28. The zero-order chi connectivity index (χ0) is 13.1. The molecule has 100 valence electrons. The van der Waals surface area contributed by atoms with Crippen LogP contribution in [0.5, 0.6) is 0 Å². The van der Waals surface area contributed by atoms with Crippen LogP contribution < -0.4 is 11.1 Å². The van der Waals surface area contributed by atoms with Crippen molar-refractivity contribution in [3.05, 3.63) is 23.7 Å². The van der Waals surface area contributed by atoms with E-state index in [1.54, 1.807) is 0 Å². The van der Waals surface area contributed by atoms with Gasteiger partial charge in [-0.15, -0.1) is 0 Å². The van der Waals surface area contributed by atoms with Gasteiger partial charge in [0.25, 0.3) is 0 Å². The monoisotopic (exact) mass is 250 g/mol. The number of carbonyl (C=O) groups is 1. The highest BCUT2D eigenvalue weighted by molar-refractivity contribution is 5.79. The van der Waals surface area contributed by atoms with Gasteiger partial charge in [-0.2, -0.15) is 0 Å². The molecule has 0 spiro atoms. The molecular weight excluding hydrogens is 228 g/mol. The topological polar surface area (TPSA) is 68.3 Å². The highest BCUT2D eigenvalue weighted by Gasteiger charge is 2.26. The maximum atomic E-state index is 12.1. The Labute approximate surface area is 108 Å². The number of furan rings is 1. The fourth-order valence-corrected chi connectivity index (χ4v) is 2.55. The van der Waals surface area contributed by atoms with Crippen LogP contribution in [0.15, 0.2) is 16.5 Å². The van der Waals surface area contributed by atoms with Gasteiger partial charge in [0.15, 0.2) is 0 Å². The molecule has 1 heterocycles. The summed E-state index contributed by atoms with van der Waals surface area (Å²) in [4.78, 5) is 12.1. The van der Waals surface area contributed by atoms with Crippen molar-refractivity contribution in [3.63, 3.8) is 0 Å². The van der Waals surface area contributed by atoms with E-state index in [1.165, 1.54) is 0 Å². The lowest BCUT2D eigenvalue weighted by Crippen LogP contribution is -2.38. The summed E-state index contributed by atoms with van der Waals surface area (Å²) >= 11 is 0. The number of amides is 1. The minimum atomic E-state index is -0.0793. The molecule has 1 aromatic heterocycles. The van der Waals surface area contributed by atoms with Gasteiger partial charge in [0.1, 0.15) is 11.5 Å². The van der Waals surface area contributed by atoms with Crippen molar-refractivity contribution in [2.24, 2.45) is 11.7 Å². The van der Waals surface area contributed by atoms with Gasteiger partial charge in [0, 0.05) is 12.0 Å². The van der Waals surface area contributed by atoms with E-state index in [2.05, 4.69) is 5.32 Å². The van der Waals surface area contributed by atoms with Crippen LogP contribution >= 0.6 is 0 Å². The van der Waals surface area contributed by atoms with Crippen LogP contribution in [0.4, 0.5) is 0 Å². The molecule has 1 amide bonds. The molecule has 3 N–H and O–H groups in total. The number of nitrogens with one attached hydrogen (secondary N) is 1. The molecular formula is C14H22N2O2. The smallest absolute Gasteiger partial charge is 0.223 e. The molecule has 18 heavy (non-hydrogen) atoms. The van der Waals surface area contributed by atoms with E-state index in [4.69, 9.17) is 10.2 Å². The van der Waals surface area contributed by atoms with Crippen molar-refractivity contribution in [2.45, 2.75) is 51.6 Å². The molecule has 3 unspecified atom stereocenters. The van der Waals surface area contributed by atoms with Gasteiger partial charge >= 0.3 is 0 Å². The zero-order valence-corrected chi connectivity index (χ0v) is 11.1. The molecule has 4 heteroatoms. The van der Waals surface area contributed by atoms with Gasteiger partial charge in [-0.3, -0.25) is 4.79 Å². The zero-order valence-electron chi connectivity index (χ0n) is 11.1. The lowest BCUT2D eigenvalue weighted by atomic mass is 9.85. The average Bonchev–Trinajstić information content (AvgIpc) is 2.76. The lowest BCUT2D eigenvalue weighted by Gasteiger charge is -2.26. The Morgan fingerprint density at radius 1 is 1.50 bits per heavy atom. The van der Waals surface area contributed by atoms with E-state index in [0.717, 1.165) is 37.2 Å². The number of hydrogen-bond donors (Lipinski definition) is 2. The molecule has 1 fully saturated rings. The van der Waals surface area contributed by atoms with E-state index >= 15 is 0 Å². The van der Waals surface area contributed by atoms with Gasteiger partial charge in [0.2, 0.25) is 5.91 Å². The molecule has 1 aromatic rings. The quantitative estimate of drug-likeness (QED) is 0.864. The minimum Gasteiger partial charge on any atom is -0.464 e. The largest absolute Gasteiger partial charge is 0.464 e. The Morgan fingerprint density at radius 2 is 2.28 bits per heavy atom. The fourth-order valence-electron chi connectivity index (χ4n) is 2.55. The predicted molar refractivity (Wildman–Crippen MR) is 69.9 cm³/mol. The Balaban J connectivity index is 1.90. The first-order valence-electron chi connectivity index (χ1n) is 6.68. The first kappa shape index (κ1) is 13.1. The highest BCUT2D eigenvalue weighted by atomic mass is 16.3. The molecule has 0 bridgehead atoms. The van der Waals surface area contributed by atoms with Crippen LogP contribution in [0, 0.1) is 12.8 Å². The Morgan fingerprint density at radius 3 is 2.89 bits per heavy atom. The van der Waals surface area contributed by atoms with Crippen molar-refractivity contribution in [1.29, 1.82) is 0 Å². The van der Waals surface area contributed by atoms with Gasteiger partial charge in [0.05, 0.1) is 6.04 Å². The van der Waals surface area contributed by atoms with Gasteiger partial charge in [-0.1, -0.05) is 6.42 Å².